The van der Waals surface area contributed by atoms with Crippen LogP contribution in [0.4, 0.5) is 0 Å². The van der Waals surface area contributed by atoms with Gasteiger partial charge in [0.05, 0.1) is 10.7 Å². The van der Waals surface area contributed by atoms with Crippen molar-refractivity contribution in [2.24, 2.45) is 0 Å². The summed E-state index contributed by atoms with van der Waals surface area (Å²) in [4.78, 5) is 0. The Morgan fingerprint density at radius 1 is 1.07 bits per heavy atom. The molecule has 0 aromatic carbocycles. The minimum absolute atomic E-state index is 0.222. The summed E-state index contributed by atoms with van der Waals surface area (Å²) < 4.78 is 48.0. The third kappa shape index (κ3) is 1.45. The van der Waals surface area contributed by atoms with Gasteiger partial charge in [0.25, 0.3) is 0 Å². The van der Waals surface area contributed by atoms with Crippen molar-refractivity contribution in [3.05, 3.63) is 0 Å². The molecule has 0 saturated carbocycles. The Morgan fingerprint density at radius 3 is 2.57 bits per heavy atom. The topological polar surface area (TPSA) is 46.2 Å². The van der Waals surface area contributed by atoms with Crippen molar-refractivity contribution in [2.75, 3.05) is 27.9 Å². The smallest absolute Gasteiger partial charge is 0.187 e. The molecule has 82 valence electrons. The van der Waals surface area contributed by atoms with Gasteiger partial charge in [0.15, 0.2) is 6.29 Å². The molecular weight excluding hydrogens is 188 g/mol. The predicted molar refractivity (Wildman–Crippen MR) is 47.0 cm³/mol. The average molecular weight is 207 g/mol. The summed E-state index contributed by atoms with van der Waals surface area (Å²) in [5.41, 5.74) is 0. The molecule has 0 radical (unpaired) electrons. The Kier molecular flexibility index (Phi) is 2.10. The molecule has 5 atom stereocenters. The highest BCUT2D eigenvalue weighted by Gasteiger charge is 2.51. The van der Waals surface area contributed by atoms with Crippen LogP contribution in [0, 0.1) is 0 Å². The van der Waals surface area contributed by atoms with Gasteiger partial charge in [0, 0.05) is 21.3 Å². The van der Waals surface area contributed by atoms with Gasteiger partial charge in [0.1, 0.15) is 24.4 Å². The van der Waals surface area contributed by atoms with E-state index in [1.54, 1.807) is 0 Å². The summed E-state index contributed by atoms with van der Waals surface area (Å²) in [7, 11) is -0.704. The van der Waals surface area contributed by atoms with E-state index >= 15 is 0 Å². The van der Waals surface area contributed by atoms with Crippen LogP contribution in [0.1, 0.15) is 4.11 Å². The molecule has 5 nitrogen and oxygen atoms in total. The van der Waals surface area contributed by atoms with Gasteiger partial charge in [-0.1, -0.05) is 0 Å². The standard InChI is InChI=1S/C9H16O5/c1-10-6-5-4-13-9(14-5)8(12-3)7(6)11-2/h5-9H,4H2,1-3H3/t5-,6-,7+,8-,9?/m1/s1/i1D,2D,3D. The first-order chi connectivity index (χ1) is 8.31. The Bertz CT molecular complexity index is 225. The van der Waals surface area contributed by atoms with Crippen LogP contribution in [0.5, 0.6) is 0 Å². The summed E-state index contributed by atoms with van der Waals surface area (Å²) in [6.07, 6.45) is -2.49. The van der Waals surface area contributed by atoms with E-state index in [0.29, 0.717) is 6.61 Å². The normalized spacial score (nSPS) is 49.7. The molecule has 0 aromatic rings. The molecule has 5 heteroatoms. The number of ether oxygens (including phenoxy) is 5. The summed E-state index contributed by atoms with van der Waals surface area (Å²) >= 11 is 0. The highest BCUT2D eigenvalue weighted by atomic mass is 16.8. The Labute approximate surface area is 87.4 Å². The van der Waals surface area contributed by atoms with Crippen LogP contribution in [-0.4, -0.2) is 58.6 Å². The van der Waals surface area contributed by atoms with Crippen LogP contribution in [0.15, 0.2) is 0 Å². The number of fused-ring (bicyclic) bond motifs is 2. The van der Waals surface area contributed by atoms with Gasteiger partial charge in [-0.25, -0.2) is 0 Å². The zero-order chi connectivity index (χ0) is 12.3. The summed E-state index contributed by atoms with van der Waals surface area (Å²) in [6, 6.07) is 0. The van der Waals surface area contributed by atoms with Crippen LogP contribution in [-0.2, 0) is 23.7 Å². The van der Waals surface area contributed by atoms with Crippen molar-refractivity contribution in [1.82, 2.24) is 0 Å². The number of hydrogen-bond donors (Lipinski definition) is 0. The maximum absolute atomic E-state index is 7.13. The van der Waals surface area contributed by atoms with Gasteiger partial charge in [-0.3, -0.25) is 0 Å². The minimum Gasteiger partial charge on any atom is -0.376 e. The van der Waals surface area contributed by atoms with Gasteiger partial charge in [0.2, 0.25) is 0 Å². The van der Waals surface area contributed by atoms with E-state index in [1.807, 2.05) is 0 Å². The van der Waals surface area contributed by atoms with Crippen molar-refractivity contribution in [3.63, 3.8) is 0 Å². The van der Waals surface area contributed by atoms with E-state index in [2.05, 4.69) is 0 Å². The molecular formula is C9H16O5. The lowest BCUT2D eigenvalue weighted by atomic mass is 10.0. The van der Waals surface area contributed by atoms with Gasteiger partial charge < -0.3 is 23.7 Å². The first-order valence-corrected chi connectivity index (χ1v) is 4.31. The first kappa shape index (κ1) is 7.14. The molecule has 2 aliphatic heterocycles. The largest absolute Gasteiger partial charge is 0.376 e. The predicted octanol–water partition coefficient (Wildman–Crippen LogP) is -0.214. The number of methoxy groups -OCH3 is 3. The molecule has 0 aromatic heterocycles. The molecule has 1 unspecified atom stereocenters. The van der Waals surface area contributed by atoms with Gasteiger partial charge in [-0.2, -0.15) is 0 Å². The molecule has 2 rings (SSSR count). The lowest BCUT2D eigenvalue weighted by molar-refractivity contribution is -0.246. The average Bonchev–Trinajstić information content (AvgIpc) is 2.75. The van der Waals surface area contributed by atoms with Gasteiger partial charge in [-0.05, 0) is 0 Å². The summed E-state index contributed by atoms with van der Waals surface area (Å²) in [6.45, 7) is 0.352. The van der Waals surface area contributed by atoms with Crippen molar-refractivity contribution in [3.8, 4) is 0 Å². The van der Waals surface area contributed by atoms with E-state index in [4.69, 9.17) is 27.8 Å². The monoisotopic (exact) mass is 207 g/mol. The van der Waals surface area contributed by atoms with Crippen molar-refractivity contribution in [1.29, 1.82) is 0 Å². The highest BCUT2D eigenvalue weighted by molar-refractivity contribution is 4.95. The van der Waals surface area contributed by atoms with Crippen LogP contribution in [0.3, 0.4) is 0 Å². The van der Waals surface area contributed by atoms with E-state index in [0.717, 1.165) is 0 Å². The molecule has 2 saturated heterocycles. The maximum Gasteiger partial charge on any atom is 0.187 e. The first-order valence-electron chi connectivity index (χ1n) is 6.43. The summed E-state index contributed by atoms with van der Waals surface area (Å²) in [5, 5.41) is 0. The lowest BCUT2D eigenvalue weighted by Gasteiger charge is -2.38. The fourth-order valence-electron chi connectivity index (χ4n) is 1.90. The van der Waals surface area contributed by atoms with Crippen LogP contribution >= 0.6 is 0 Å². The quantitative estimate of drug-likeness (QED) is 0.640. The van der Waals surface area contributed by atoms with E-state index in [9.17, 15) is 0 Å². The zero-order valence-corrected chi connectivity index (χ0v) is 7.76. The van der Waals surface area contributed by atoms with Gasteiger partial charge >= 0.3 is 0 Å². The molecule has 0 spiro atoms. The second-order valence-electron chi connectivity index (χ2n) is 3.27. The van der Waals surface area contributed by atoms with Crippen LogP contribution in [0.2, 0.25) is 0 Å². The summed E-state index contributed by atoms with van der Waals surface area (Å²) in [5.74, 6) is 0. The maximum atomic E-state index is 7.13. The molecule has 0 amide bonds. The van der Waals surface area contributed by atoms with Crippen LogP contribution < -0.4 is 0 Å². The fourth-order valence-corrected chi connectivity index (χ4v) is 1.90. The fraction of sp³-hybridized carbons (Fsp3) is 1.00. The molecule has 0 N–H and O–H groups in total. The second-order valence-corrected chi connectivity index (χ2v) is 3.27. The molecule has 2 aliphatic rings. The van der Waals surface area contributed by atoms with Crippen molar-refractivity contribution in [2.45, 2.75) is 30.7 Å². The lowest BCUT2D eigenvalue weighted by Crippen LogP contribution is -2.56. The Morgan fingerprint density at radius 2 is 1.79 bits per heavy atom. The van der Waals surface area contributed by atoms with E-state index < -0.39 is 24.6 Å². The van der Waals surface area contributed by atoms with Crippen LogP contribution in [0.25, 0.3) is 0 Å². The third-order valence-electron chi connectivity index (χ3n) is 2.59. The second kappa shape index (κ2) is 4.12. The minimum atomic E-state index is -0.590. The molecule has 2 bridgehead atoms. The zero-order valence-electron chi connectivity index (χ0n) is 10.8. The van der Waals surface area contributed by atoms with Gasteiger partial charge in [-0.15, -0.1) is 0 Å². The third-order valence-corrected chi connectivity index (χ3v) is 2.59. The molecule has 0 aliphatic carbocycles. The SMILES string of the molecule is [2H]CO[C@H]1[C@H](OC[2H])[C@@H](OC[2H])C2OC[C@H]1O2. The molecule has 2 fully saturated rings. The van der Waals surface area contributed by atoms with E-state index in [-0.39, 0.29) is 27.4 Å². The number of hydrogen-bond acceptors (Lipinski definition) is 5. The molecule has 14 heavy (non-hydrogen) atoms. The number of rotatable bonds is 3. The Balaban J connectivity index is 2.11. The van der Waals surface area contributed by atoms with Crippen molar-refractivity contribution >= 4 is 0 Å². The van der Waals surface area contributed by atoms with Crippen molar-refractivity contribution < 1.29 is 27.8 Å². The Hall–Kier alpha value is -0.200. The van der Waals surface area contributed by atoms with E-state index in [1.165, 1.54) is 0 Å². The highest BCUT2D eigenvalue weighted by Crippen LogP contribution is 2.32. The molecule has 2 heterocycles.